The van der Waals surface area contributed by atoms with Gasteiger partial charge in [-0.25, -0.2) is 14.1 Å². The number of hydrogen-bond acceptors (Lipinski definition) is 5. The highest BCUT2D eigenvalue weighted by Crippen LogP contribution is 2.48. The molecule has 1 saturated carbocycles. The molecule has 1 aromatic heterocycles. The van der Waals surface area contributed by atoms with Crippen LogP contribution in [0.5, 0.6) is 0 Å². The van der Waals surface area contributed by atoms with E-state index >= 15 is 0 Å². The lowest BCUT2D eigenvalue weighted by atomic mass is 9.76. The topological polar surface area (TPSA) is 59.5 Å². The van der Waals surface area contributed by atoms with Crippen molar-refractivity contribution in [3.63, 3.8) is 0 Å². The molecule has 2 aliphatic rings. The maximum Gasteiger partial charge on any atom is 0.417 e. The molecule has 5 rings (SSSR count). The zero-order valence-electron chi connectivity index (χ0n) is 19.1. The lowest BCUT2D eigenvalue weighted by Crippen LogP contribution is -2.41. The summed E-state index contributed by atoms with van der Waals surface area (Å²) in [6.07, 6.45) is 7.07. The molecular formula is C27H27FN2O3S. The van der Waals surface area contributed by atoms with Gasteiger partial charge in [0.25, 0.3) is 0 Å². The molecule has 0 bridgehead atoms. The molecule has 0 radical (unpaired) electrons. The smallest absolute Gasteiger partial charge is 0.417 e. The van der Waals surface area contributed by atoms with Crippen LogP contribution in [0.4, 0.5) is 9.18 Å². The number of imide groups is 1. The summed E-state index contributed by atoms with van der Waals surface area (Å²) in [5.41, 5.74) is 2.83. The molecule has 2 aromatic carbocycles. The number of nitrogens with zero attached hydrogens (tertiary/aromatic N) is 2. The van der Waals surface area contributed by atoms with Gasteiger partial charge in [-0.2, -0.15) is 11.8 Å². The number of benzene rings is 2. The summed E-state index contributed by atoms with van der Waals surface area (Å²) in [5, 5.41) is 0.866. The Balaban J connectivity index is 1.32. The van der Waals surface area contributed by atoms with Crippen molar-refractivity contribution in [1.82, 2.24) is 9.88 Å². The van der Waals surface area contributed by atoms with Crippen LogP contribution in [-0.4, -0.2) is 39.5 Å². The highest BCUT2D eigenvalue weighted by molar-refractivity contribution is 8.00. The molecule has 1 aliphatic carbocycles. The van der Waals surface area contributed by atoms with Gasteiger partial charge >= 0.3 is 6.09 Å². The number of amides is 2. The van der Waals surface area contributed by atoms with E-state index in [2.05, 4.69) is 4.98 Å². The minimum Gasteiger partial charge on any atom is -0.446 e. The minimum atomic E-state index is -0.561. The number of aromatic nitrogens is 1. The van der Waals surface area contributed by atoms with E-state index in [9.17, 15) is 14.0 Å². The Labute approximate surface area is 202 Å². The van der Waals surface area contributed by atoms with Crippen LogP contribution < -0.4 is 0 Å². The van der Waals surface area contributed by atoms with Gasteiger partial charge in [0, 0.05) is 22.8 Å². The van der Waals surface area contributed by atoms with Crippen molar-refractivity contribution in [2.24, 2.45) is 0 Å². The first-order valence-corrected chi connectivity index (χ1v) is 12.9. The predicted octanol–water partition coefficient (Wildman–Crippen LogP) is 6.24. The fraction of sp³-hybridized carbons (Fsp3) is 0.370. The number of carbonyl (C=O) groups excluding carboxylic acids is 2. The second kappa shape index (κ2) is 9.37. The predicted molar refractivity (Wildman–Crippen MR) is 131 cm³/mol. The van der Waals surface area contributed by atoms with Gasteiger partial charge in [-0.3, -0.25) is 9.78 Å². The molecule has 2 heterocycles. The van der Waals surface area contributed by atoms with Gasteiger partial charge in [-0.1, -0.05) is 30.3 Å². The first kappa shape index (κ1) is 22.8. The molecule has 0 spiro atoms. The Morgan fingerprint density at radius 2 is 1.94 bits per heavy atom. The zero-order valence-corrected chi connectivity index (χ0v) is 19.9. The van der Waals surface area contributed by atoms with Crippen molar-refractivity contribution < 1.29 is 18.7 Å². The van der Waals surface area contributed by atoms with Crippen LogP contribution >= 0.6 is 11.8 Å². The summed E-state index contributed by atoms with van der Waals surface area (Å²) in [7, 11) is 0. The third kappa shape index (κ3) is 4.29. The summed E-state index contributed by atoms with van der Waals surface area (Å²) >= 11 is 1.71. The molecule has 2 amide bonds. The van der Waals surface area contributed by atoms with Crippen molar-refractivity contribution in [3.05, 3.63) is 77.7 Å². The molecule has 3 aromatic rings. The van der Waals surface area contributed by atoms with Crippen LogP contribution in [0.1, 0.15) is 55.2 Å². The van der Waals surface area contributed by atoms with E-state index in [4.69, 9.17) is 4.74 Å². The average Bonchev–Trinajstić information content (AvgIpc) is 3.26. The van der Waals surface area contributed by atoms with E-state index in [0.29, 0.717) is 6.42 Å². The molecule has 1 saturated heterocycles. The molecule has 1 unspecified atom stereocenters. The molecule has 7 heteroatoms. The van der Waals surface area contributed by atoms with Gasteiger partial charge in [0.1, 0.15) is 18.5 Å². The normalized spacial score (nSPS) is 24.9. The highest BCUT2D eigenvalue weighted by atomic mass is 32.2. The van der Waals surface area contributed by atoms with Gasteiger partial charge in [0.2, 0.25) is 5.91 Å². The number of pyridine rings is 1. The fourth-order valence-corrected chi connectivity index (χ4v) is 6.29. The lowest BCUT2D eigenvalue weighted by molar-refractivity contribution is -0.130. The molecule has 1 aliphatic heterocycles. The van der Waals surface area contributed by atoms with E-state index in [1.54, 1.807) is 30.1 Å². The average molecular weight is 479 g/mol. The van der Waals surface area contributed by atoms with Crippen LogP contribution in [0.3, 0.4) is 0 Å². The molecule has 176 valence electrons. The van der Waals surface area contributed by atoms with Crippen molar-refractivity contribution in [1.29, 1.82) is 0 Å². The number of halogens is 1. The highest BCUT2D eigenvalue weighted by Gasteiger charge is 2.44. The van der Waals surface area contributed by atoms with Crippen LogP contribution in [0.15, 0.2) is 60.8 Å². The first-order chi connectivity index (χ1) is 16.5. The summed E-state index contributed by atoms with van der Waals surface area (Å²) in [6.45, 7) is 0.189. The van der Waals surface area contributed by atoms with Crippen LogP contribution in [0.2, 0.25) is 0 Å². The monoisotopic (exact) mass is 478 g/mol. The largest absolute Gasteiger partial charge is 0.446 e. The maximum atomic E-state index is 13.9. The van der Waals surface area contributed by atoms with E-state index in [1.807, 2.05) is 42.7 Å². The summed E-state index contributed by atoms with van der Waals surface area (Å²) in [5.74, 6) is -0.149. The Hall–Kier alpha value is -2.93. The third-order valence-corrected chi connectivity index (χ3v) is 8.73. The number of fused-ring (bicyclic) bond motifs is 1. The summed E-state index contributed by atoms with van der Waals surface area (Å²) in [4.78, 5) is 31.5. The van der Waals surface area contributed by atoms with Gasteiger partial charge in [-0.05, 0) is 73.2 Å². The minimum absolute atomic E-state index is 0.180. The maximum absolute atomic E-state index is 13.9. The fourth-order valence-electron chi connectivity index (χ4n) is 5.38. The van der Waals surface area contributed by atoms with Crippen molar-refractivity contribution in [2.75, 3.05) is 12.9 Å². The number of hydrogen-bond donors (Lipinski definition) is 0. The van der Waals surface area contributed by atoms with Gasteiger partial charge in [-0.15, -0.1) is 0 Å². The van der Waals surface area contributed by atoms with Crippen molar-refractivity contribution in [3.8, 4) is 0 Å². The van der Waals surface area contributed by atoms with E-state index in [0.717, 1.165) is 47.7 Å². The quantitative estimate of drug-likeness (QED) is 0.434. The van der Waals surface area contributed by atoms with Crippen molar-refractivity contribution in [2.45, 2.75) is 48.8 Å². The SMILES string of the molecule is CSC1(CC(=O)N2C(=O)OCC2c2ccccc2)CCC(c2ccnc3ccc(F)cc23)CC1. The molecule has 2 fully saturated rings. The second-order valence-electron chi connectivity index (χ2n) is 9.17. The summed E-state index contributed by atoms with van der Waals surface area (Å²) < 4.78 is 19.0. The Kier molecular flexibility index (Phi) is 6.30. The summed E-state index contributed by atoms with van der Waals surface area (Å²) in [6, 6.07) is 15.9. The lowest BCUT2D eigenvalue weighted by Gasteiger charge is -2.39. The molecule has 0 N–H and O–H groups in total. The molecule has 1 atom stereocenters. The third-order valence-electron chi connectivity index (χ3n) is 7.31. The Morgan fingerprint density at radius 1 is 1.18 bits per heavy atom. The second-order valence-corrected chi connectivity index (χ2v) is 10.4. The number of thioether (sulfide) groups is 1. The molecule has 34 heavy (non-hydrogen) atoms. The van der Waals surface area contributed by atoms with Crippen LogP contribution in [-0.2, 0) is 9.53 Å². The van der Waals surface area contributed by atoms with Gasteiger partial charge in [0.15, 0.2) is 0 Å². The van der Waals surface area contributed by atoms with Gasteiger partial charge < -0.3 is 4.74 Å². The van der Waals surface area contributed by atoms with Crippen LogP contribution in [0.25, 0.3) is 10.9 Å². The Morgan fingerprint density at radius 3 is 2.68 bits per heavy atom. The Bertz CT molecular complexity index is 1210. The van der Waals surface area contributed by atoms with Crippen LogP contribution in [0, 0.1) is 5.82 Å². The van der Waals surface area contributed by atoms with Crippen molar-refractivity contribution >= 4 is 34.7 Å². The number of cyclic esters (lactones) is 1. The zero-order chi connectivity index (χ0) is 23.7. The number of carbonyl (C=O) groups is 2. The van der Waals surface area contributed by atoms with E-state index in [1.165, 1.54) is 11.0 Å². The number of ether oxygens (including phenoxy) is 1. The van der Waals surface area contributed by atoms with Gasteiger partial charge in [0.05, 0.1) is 5.52 Å². The van der Waals surface area contributed by atoms with E-state index < -0.39 is 6.09 Å². The van der Waals surface area contributed by atoms with E-state index in [-0.39, 0.29) is 35.0 Å². The molecule has 5 nitrogen and oxygen atoms in total. The number of rotatable bonds is 5. The first-order valence-electron chi connectivity index (χ1n) is 11.6. The molecular weight excluding hydrogens is 451 g/mol. The standard InChI is InChI=1S/C27H27FN2O3S/c1-34-27(16-25(31)30-24(17-33-26(30)32)19-5-3-2-4-6-19)12-9-18(10-13-27)21-11-14-29-23-8-7-20(28)15-22(21)23/h2-8,11,14-15,18,24H,9-10,12-13,16-17H2,1H3.